The normalized spacial score (nSPS) is 22.4. The molecular formula is C15H22N2O3. The fourth-order valence-electron chi connectivity index (χ4n) is 2.43. The van der Waals surface area contributed by atoms with Crippen LogP contribution in [-0.4, -0.2) is 43.4 Å². The smallest absolute Gasteiger partial charge is 0.270 e. The lowest BCUT2D eigenvalue weighted by molar-refractivity contribution is -0.00409. The first-order valence-corrected chi connectivity index (χ1v) is 7.12. The van der Waals surface area contributed by atoms with Crippen molar-refractivity contribution in [3.05, 3.63) is 30.1 Å². The average molecular weight is 278 g/mol. The lowest BCUT2D eigenvalue weighted by Gasteiger charge is -2.29. The Bertz CT molecular complexity index is 403. The van der Waals surface area contributed by atoms with Gasteiger partial charge in [0.15, 0.2) is 0 Å². The van der Waals surface area contributed by atoms with Crippen LogP contribution in [-0.2, 0) is 9.47 Å². The third kappa shape index (κ3) is 4.58. The summed E-state index contributed by atoms with van der Waals surface area (Å²) < 4.78 is 10.7. The van der Waals surface area contributed by atoms with Gasteiger partial charge in [-0.25, -0.2) is 0 Å². The monoisotopic (exact) mass is 278 g/mol. The van der Waals surface area contributed by atoms with Crippen LogP contribution in [0.5, 0.6) is 0 Å². The maximum Gasteiger partial charge on any atom is 0.270 e. The summed E-state index contributed by atoms with van der Waals surface area (Å²) in [7, 11) is 1.67. The predicted octanol–water partition coefficient (Wildman–Crippen LogP) is 1.79. The highest BCUT2D eigenvalue weighted by Gasteiger charge is 2.23. The Morgan fingerprint density at radius 3 is 2.75 bits per heavy atom. The minimum absolute atomic E-state index is 0.0886. The zero-order valence-electron chi connectivity index (χ0n) is 11.9. The highest BCUT2D eigenvalue weighted by molar-refractivity contribution is 5.92. The molecule has 1 aliphatic carbocycles. The Morgan fingerprint density at radius 2 is 2.10 bits per heavy atom. The SMILES string of the molecule is COCCOC1CCC(NC(=O)c2ccccn2)CC1. The van der Waals surface area contributed by atoms with Gasteiger partial charge in [0.1, 0.15) is 5.69 Å². The number of ether oxygens (including phenoxy) is 2. The zero-order valence-corrected chi connectivity index (χ0v) is 11.9. The Hall–Kier alpha value is -1.46. The summed E-state index contributed by atoms with van der Waals surface area (Å²) in [4.78, 5) is 16.0. The third-order valence-electron chi connectivity index (χ3n) is 3.55. The molecule has 0 spiro atoms. The highest BCUT2D eigenvalue weighted by atomic mass is 16.5. The summed E-state index contributed by atoms with van der Waals surface area (Å²) in [5.41, 5.74) is 0.478. The number of amides is 1. The summed E-state index contributed by atoms with van der Waals surface area (Å²) in [6, 6.07) is 5.59. The standard InChI is InChI=1S/C15H22N2O3/c1-19-10-11-20-13-7-5-12(6-8-13)17-15(18)14-4-2-3-9-16-14/h2-4,9,12-13H,5-8,10-11H2,1H3,(H,17,18). The Kier molecular flexibility index (Phi) is 5.95. The van der Waals surface area contributed by atoms with E-state index in [1.165, 1.54) is 0 Å². The average Bonchev–Trinajstić information content (AvgIpc) is 2.50. The van der Waals surface area contributed by atoms with E-state index in [4.69, 9.17) is 9.47 Å². The molecule has 1 amide bonds. The molecule has 110 valence electrons. The third-order valence-corrected chi connectivity index (χ3v) is 3.55. The van der Waals surface area contributed by atoms with Gasteiger partial charge in [-0.05, 0) is 37.8 Å². The second-order valence-electron chi connectivity index (χ2n) is 5.03. The number of hydrogen-bond acceptors (Lipinski definition) is 4. The van der Waals surface area contributed by atoms with Crippen molar-refractivity contribution in [1.82, 2.24) is 10.3 Å². The number of carbonyl (C=O) groups excluding carboxylic acids is 1. The van der Waals surface area contributed by atoms with Gasteiger partial charge in [-0.15, -0.1) is 0 Å². The Balaban J connectivity index is 1.70. The Labute approximate surface area is 119 Å². The maximum atomic E-state index is 12.0. The lowest BCUT2D eigenvalue weighted by atomic mass is 9.93. The van der Waals surface area contributed by atoms with Crippen LogP contribution in [0.4, 0.5) is 0 Å². The van der Waals surface area contributed by atoms with Gasteiger partial charge in [0, 0.05) is 19.3 Å². The van der Waals surface area contributed by atoms with E-state index in [9.17, 15) is 4.79 Å². The number of hydrogen-bond donors (Lipinski definition) is 1. The maximum absolute atomic E-state index is 12.0. The number of nitrogens with zero attached hydrogens (tertiary/aromatic N) is 1. The molecule has 5 heteroatoms. The van der Waals surface area contributed by atoms with E-state index in [1.54, 1.807) is 25.4 Å². The van der Waals surface area contributed by atoms with Gasteiger partial charge in [0.05, 0.1) is 19.3 Å². The zero-order chi connectivity index (χ0) is 14.2. The number of rotatable bonds is 6. The predicted molar refractivity (Wildman–Crippen MR) is 75.6 cm³/mol. The molecule has 20 heavy (non-hydrogen) atoms. The van der Waals surface area contributed by atoms with E-state index >= 15 is 0 Å². The van der Waals surface area contributed by atoms with E-state index in [0.29, 0.717) is 25.0 Å². The van der Waals surface area contributed by atoms with Crippen molar-refractivity contribution in [2.45, 2.75) is 37.8 Å². The quantitative estimate of drug-likeness (QED) is 0.806. The first-order chi connectivity index (χ1) is 9.79. The van der Waals surface area contributed by atoms with Crippen LogP contribution in [0.2, 0.25) is 0 Å². The summed E-state index contributed by atoms with van der Waals surface area (Å²) in [6.07, 6.45) is 5.81. The van der Waals surface area contributed by atoms with Crippen LogP contribution in [0.1, 0.15) is 36.2 Å². The highest BCUT2D eigenvalue weighted by Crippen LogP contribution is 2.21. The van der Waals surface area contributed by atoms with Crippen LogP contribution in [0.15, 0.2) is 24.4 Å². The Morgan fingerprint density at radius 1 is 1.30 bits per heavy atom. The van der Waals surface area contributed by atoms with Crippen molar-refractivity contribution in [3.8, 4) is 0 Å². The van der Waals surface area contributed by atoms with E-state index in [-0.39, 0.29) is 11.9 Å². The van der Waals surface area contributed by atoms with Gasteiger partial charge in [-0.2, -0.15) is 0 Å². The van der Waals surface area contributed by atoms with Crippen molar-refractivity contribution in [1.29, 1.82) is 0 Å². The summed E-state index contributed by atoms with van der Waals surface area (Å²) in [5.74, 6) is -0.0886. The van der Waals surface area contributed by atoms with Gasteiger partial charge in [-0.1, -0.05) is 6.07 Å². The lowest BCUT2D eigenvalue weighted by Crippen LogP contribution is -2.39. The number of carbonyl (C=O) groups is 1. The molecule has 5 nitrogen and oxygen atoms in total. The van der Waals surface area contributed by atoms with Crippen LogP contribution < -0.4 is 5.32 Å². The van der Waals surface area contributed by atoms with Crippen molar-refractivity contribution < 1.29 is 14.3 Å². The molecule has 1 aromatic rings. The van der Waals surface area contributed by atoms with E-state index < -0.39 is 0 Å². The fourth-order valence-corrected chi connectivity index (χ4v) is 2.43. The number of aromatic nitrogens is 1. The molecule has 1 aliphatic rings. The van der Waals surface area contributed by atoms with Gasteiger partial charge < -0.3 is 14.8 Å². The molecule has 1 fully saturated rings. The topological polar surface area (TPSA) is 60.5 Å². The van der Waals surface area contributed by atoms with Gasteiger partial charge in [0.25, 0.3) is 5.91 Å². The van der Waals surface area contributed by atoms with Crippen LogP contribution >= 0.6 is 0 Å². The second kappa shape index (κ2) is 7.97. The molecule has 0 radical (unpaired) electrons. The molecule has 0 atom stereocenters. The molecule has 1 aromatic heterocycles. The second-order valence-corrected chi connectivity index (χ2v) is 5.03. The van der Waals surface area contributed by atoms with Crippen LogP contribution in [0, 0.1) is 0 Å². The first kappa shape index (κ1) is 14.9. The molecule has 0 saturated heterocycles. The van der Waals surface area contributed by atoms with Crippen molar-refractivity contribution in [3.63, 3.8) is 0 Å². The summed E-state index contributed by atoms with van der Waals surface area (Å²) >= 11 is 0. The summed E-state index contributed by atoms with van der Waals surface area (Å²) in [6.45, 7) is 1.28. The number of pyridine rings is 1. The summed E-state index contributed by atoms with van der Waals surface area (Å²) in [5, 5.41) is 3.04. The van der Waals surface area contributed by atoms with Gasteiger partial charge in [0.2, 0.25) is 0 Å². The molecule has 2 rings (SSSR count). The van der Waals surface area contributed by atoms with Crippen LogP contribution in [0.3, 0.4) is 0 Å². The number of nitrogens with one attached hydrogen (secondary N) is 1. The molecule has 1 N–H and O–H groups in total. The molecular weight excluding hydrogens is 256 g/mol. The van der Waals surface area contributed by atoms with E-state index in [2.05, 4.69) is 10.3 Å². The minimum Gasteiger partial charge on any atom is -0.382 e. The van der Waals surface area contributed by atoms with Gasteiger partial charge >= 0.3 is 0 Å². The molecule has 0 aliphatic heterocycles. The molecule has 1 heterocycles. The van der Waals surface area contributed by atoms with Crippen molar-refractivity contribution in [2.24, 2.45) is 0 Å². The molecule has 0 unspecified atom stereocenters. The largest absolute Gasteiger partial charge is 0.382 e. The fraction of sp³-hybridized carbons (Fsp3) is 0.600. The molecule has 0 bridgehead atoms. The van der Waals surface area contributed by atoms with Crippen molar-refractivity contribution in [2.75, 3.05) is 20.3 Å². The van der Waals surface area contributed by atoms with E-state index in [0.717, 1.165) is 25.7 Å². The molecule has 0 aromatic carbocycles. The van der Waals surface area contributed by atoms with Gasteiger partial charge in [-0.3, -0.25) is 9.78 Å². The van der Waals surface area contributed by atoms with E-state index in [1.807, 2.05) is 6.07 Å². The number of methoxy groups -OCH3 is 1. The first-order valence-electron chi connectivity index (χ1n) is 7.12. The minimum atomic E-state index is -0.0886. The molecule has 1 saturated carbocycles. The van der Waals surface area contributed by atoms with Crippen molar-refractivity contribution >= 4 is 5.91 Å². The van der Waals surface area contributed by atoms with Crippen LogP contribution in [0.25, 0.3) is 0 Å².